The number of urea groups is 1. The second-order valence-corrected chi connectivity index (χ2v) is 8.76. The predicted molar refractivity (Wildman–Crippen MR) is 132 cm³/mol. The Kier molecular flexibility index (Phi) is 5.96. The number of aromatic amines is 1. The molecule has 35 heavy (non-hydrogen) atoms. The Morgan fingerprint density at radius 1 is 0.943 bits per heavy atom. The van der Waals surface area contributed by atoms with Crippen LogP contribution >= 0.6 is 11.8 Å². The lowest BCUT2D eigenvalue weighted by atomic mass is 10.1. The lowest BCUT2D eigenvalue weighted by Crippen LogP contribution is -2.19. The van der Waals surface area contributed by atoms with Crippen molar-refractivity contribution in [3.8, 4) is 16.8 Å². The van der Waals surface area contributed by atoms with E-state index in [9.17, 15) is 18.0 Å². The van der Waals surface area contributed by atoms with Gasteiger partial charge in [-0.1, -0.05) is 24.3 Å². The van der Waals surface area contributed by atoms with Gasteiger partial charge in [-0.15, -0.1) is 0 Å². The summed E-state index contributed by atoms with van der Waals surface area (Å²) in [6.07, 6.45) is 5.40. The molecule has 3 N–H and O–H groups in total. The highest BCUT2D eigenvalue weighted by Gasteiger charge is 2.29. The van der Waals surface area contributed by atoms with Gasteiger partial charge in [0.15, 0.2) is 0 Å². The van der Waals surface area contributed by atoms with Gasteiger partial charge in [0, 0.05) is 39.4 Å². The monoisotopic (exact) mass is 493 g/mol. The molecule has 0 aliphatic heterocycles. The summed E-state index contributed by atoms with van der Waals surface area (Å²) in [5, 5.41) is 10.7. The molecule has 2 amide bonds. The quantitative estimate of drug-likeness (QED) is 0.225. The summed E-state index contributed by atoms with van der Waals surface area (Å²) in [5.74, 6) is 0. The van der Waals surface area contributed by atoms with Gasteiger partial charge in [-0.3, -0.25) is 0 Å². The van der Waals surface area contributed by atoms with Gasteiger partial charge in [-0.25, -0.2) is 9.48 Å². The molecule has 0 aliphatic carbocycles. The summed E-state index contributed by atoms with van der Waals surface area (Å²) < 4.78 is 39.2. The van der Waals surface area contributed by atoms with Crippen LogP contribution < -0.4 is 10.6 Å². The van der Waals surface area contributed by atoms with E-state index in [4.69, 9.17) is 0 Å². The third-order valence-electron chi connectivity index (χ3n) is 5.21. The molecule has 0 atom stereocenters. The van der Waals surface area contributed by atoms with Crippen LogP contribution in [0, 0.1) is 0 Å². The number of carbonyl (C=O) groups excluding carboxylic acids is 1. The molecule has 0 unspecified atom stereocenters. The Hall–Kier alpha value is -4.18. The second-order valence-electron chi connectivity index (χ2n) is 7.62. The third-order valence-corrected chi connectivity index (χ3v) is 5.95. The zero-order valence-electron chi connectivity index (χ0n) is 18.0. The van der Waals surface area contributed by atoms with Crippen LogP contribution in [0.25, 0.3) is 27.7 Å². The maximum absolute atomic E-state index is 12.5. The van der Waals surface area contributed by atoms with E-state index >= 15 is 0 Å². The number of aromatic nitrogens is 3. The maximum atomic E-state index is 12.5. The summed E-state index contributed by atoms with van der Waals surface area (Å²) in [6.45, 7) is 0. The summed E-state index contributed by atoms with van der Waals surface area (Å²) in [4.78, 5) is 15.7. The fourth-order valence-corrected chi connectivity index (χ4v) is 4.16. The summed E-state index contributed by atoms with van der Waals surface area (Å²) >= 11 is -0.205. The highest BCUT2D eigenvalue weighted by atomic mass is 32.2. The van der Waals surface area contributed by atoms with Gasteiger partial charge in [-0.05, 0) is 65.9 Å². The minimum Gasteiger partial charge on any atom is -0.359 e. The molecule has 3 aromatic carbocycles. The van der Waals surface area contributed by atoms with Gasteiger partial charge in [0.05, 0.1) is 17.6 Å². The number of benzene rings is 3. The van der Waals surface area contributed by atoms with E-state index in [1.807, 2.05) is 54.7 Å². The Balaban J connectivity index is 1.31. The number of H-pyrrole nitrogens is 1. The van der Waals surface area contributed by atoms with Crippen molar-refractivity contribution in [2.24, 2.45) is 0 Å². The van der Waals surface area contributed by atoms with Crippen molar-refractivity contribution < 1.29 is 18.0 Å². The molecule has 5 rings (SSSR count). The Labute approximate surface area is 202 Å². The van der Waals surface area contributed by atoms with Crippen LogP contribution in [0.3, 0.4) is 0 Å². The van der Waals surface area contributed by atoms with Crippen molar-refractivity contribution >= 4 is 40.1 Å². The first-order chi connectivity index (χ1) is 16.8. The number of amides is 2. The molecule has 0 spiro atoms. The first-order valence-electron chi connectivity index (χ1n) is 10.5. The largest absolute Gasteiger partial charge is 0.446 e. The van der Waals surface area contributed by atoms with E-state index in [0.717, 1.165) is 27.7 Å². The molecule has 176 valence electrons. The number of anilines is 2. The number of halogens is 3. The molecular weight excluding hydrogens is 475 g/mol. The molecule has 10 heteroatoms. The standard InChI is InChI=1S/C25H18F3N5OS/c26-25(27,28)35-20-9-7-18(8-10-20)31-24(34)32-23-14-29-22-11-6-16(12-21(22)23)17-13-30-33(15-17)19-4-2-1-3-5-19/h1-15,29H,(H2,31,32,34). The van der Waals surface area contributed by atoms with Crippen LogP contribution in [-0.2, 0) is 0 Å². The van der Waals surface area contributed by atoms with Crippen LogP contribution in [0.4, 0.5) is 29.3 Å². The van der Waals surface area contributed by atoms with E-state index < -0.39 is 11.5 Å². The van der Waals surface area contributed by atoms with Crippen LogP contribution in [-0.4, -0.2) is 26.3 Å². The lowest BCUT2D eigenvalue weighted by molar-refractivity contribution is -0.0328. The van der Waals surface area contributed by atoms with Crippen LogP contribution in [0.2, 0.25) is 0 Å². The molecule has 0 radical (unpaired) electrons. The number of rotatable bonds is 5. The topological polar surface area (TPSA) is 74.7 Å². The van der Waals surface area contributed by atoms with Crippen molar-refractivity contribution in [3.63, 3.8) is 0 Å². The van der Waals surface area contributed by atoms with Crippen LogP contribution in [0.15, 0.2) is 96.3 Å². The smallest absolute Gasteiger partial charge is 0.359 e. The molecule has 6 nitrogen and oxygen atoms in total. The summed E-state index contributed by atoms with van der Waals surface area (Å²) in [5.41, 5.74) is 0.228. The van der Waals surface area contributed by atoms with Crippen LogP contribution in [0.5, 0.6) is 0 Å². The summed E-state index contributed by atoms with van der Waals surface area (Å²) in [6, 6.07) is 20.6. The first kappa shape index (κ1) is 22.6. The van der Waals surface area contributed by atoms with Crippen LogP contribution in [0.1, 0.15) is 0 Å². The van der Waals surface area contributed by atoms with E-state index in [1.165, 1.54) is 24.3 Å². The van der Waals surface area contributed by atoms with Gasteiger partial charge in [-0.2, -0.15) is 18.3 Å². The highest BCUT2D eigenvalue weighted by molar-refractivity contribution is 8.00. The second kappa shape index (κ2) is 9.22. The lowest BCUT2D eigenvalue weighted by Gasteiger charge is -2.09. The number of alkyl halides is 3. The molecule has 0 fully saturated rings. The minimum atomic E-state index is -4.36. The normalized spacial score (nSPS) is 11.5. The first-order valence-corrected chi connectivity index (χ1v) is 11.3. The fourth-order valence-electron chi connectivity index (χ4n) is 3.62. The molecule has 0 bridgehead atoms. The number of para-hydroxylation sites is 1. The number of hydrogen-bond acceptors (Lipinski definition) is 3. The number of hydrogen-bond donors (Lipinski definition) is 3. The van der Waals surface area contributed by atoms with Crippen molar-refractivity contribution in [2.45, 2.75) is 10.4 Å². The molecule has 0 saturated heterocycles. The molecule has 5 aromatic rings. The van der Waals surface area contributed by atoms with Crippen molar-refractivity contribution in [1.82, 2.24) is 14.8 Å². The van der Waals surface area contributed by atoms with Gasteiger partial charge in [0.1, 0.15) is 0 Å². The zero-order valence-corrected chi connectivity index (χ0v) is 18.8. The maximum Gasteiger partial charge on any atom is 0.446 e. The zero-order chi connectivity index (χ0) is 24.4. The van der Waals surface area contributed by atoms with Gasteiger partial charge in [0.2, 0.25) is 0 Å². The van der Waals surface area contributed by atoms with E-state index in [0.29, 0.717) is 11.4 Å². The molecule has 2 aromatic heterocycles. The third kappa shape index (κ3) is 5.33. The fraction of sp³-hybridized carbons (Fsp3) is 0.0400. The van der Waals surface area contributed by atoms with Crippen molar-refractivity contribution in [3.05, 3.63) is 91.4 Å². The van der Waals surface area contributed by atoms with Gasteiger partial charge < -0.3 is 15.6 Å². The number of nitrogens with one attached hydrogen (secondary N) is 3. The molecular formula is C25H18F3N5OS. The van der Waals surface area contributed by atoms with Crippen molar-refractivity contribution in [2.75, 3.05) is 10.6 Å². The van der Waals surface area contributed by atoms with Gasteiger partial charge in [0.25, 0.3) is 0 Å². The number of fused-ring (bicyclic) bond motifs is 1. The molecule has 0 aliphatic rings. The number of carbonyl (C=O) groups is 1. The number of nitrogens with zero attached hydrogens (tertiary/aromatic N) is 2. The highest BCUT2D eigenvalue weighted by Crippen LogP contribution is 2.37. The van der Waals surface area contributed by atoms with E-state index in [2.05, 4.69) is 20.7 Å². The van der Waals surface area contributed by atoms with E-state index in [-0.39, 0.29) is 16.7 Å². The Bertz CT molecular complexity index is 1480. The molecule has 0 saturated carbocycles. The van der Waals surface area contributed by atoms with E-state index in [1.54, 1.807) is 17.1 Å². The molecule has 2 heterocycles. The van der Waals surface area contributed by atoms with Crippen molar-refractivity contribution in [1.29, 1.82) is 0 Å². The SMILES string of the molecule is O=C(Nc1ccc(SC(F)(F)F)cc1)Nc1c[nH]c2ccc(-c3cnn(-c4ccccc4)c3)cc12. The average Bonchev–Trinajstić information content (AvgIpc) is 3.48. The Morgan fingerprint density at radius 2 is 1.71 bits per heavy atom. The Morgan fingerprint density at radius 3 is 2.46 bits per heavy atom. The average molecular weight is 494 g/mol. The summed E-state index contributed by atoms with van der Waals surface area (Å²) in [7, 11) is 0. The predicted octanol–water partition coefficient (Wildman–Crippen LogP) is 7.28. The minimum absolute atomic E-state index is 0.0446. The number of thioether (sulfide) groups is 1. The van der Waals surface area contributed by atoms with Gasteiger partial charge >= 0.3 is 11.5 Å².